The molecule has 0 N–H and O–H groups in total. The van der Waals surface area contributed by atoms with Gasteiger partial charge in [-0.25, -0.2) is 9.67 Å². The number of hydrogen-bond acceptors (Lipinski definition) is 4. The lowest BCUT2D eigenvalue weighted by Crippen LogP contribution is -2.30. The molecule has 174 valence electrons. The molecule has 0 unspecified atom stereocenters. The molecule has 1 amide bonds. The maximum Gasteiger partial charge on any atom is 0.255 e. The van der Waals surface area contributed by atoms with Gasteiger partial charge in [0, 0.05) is 37.6 Å². The molecule has 0 aliphatic heterocycles. The first-order valence-electron chi connectivity index (χ1n) is 11.8. The topological polar surface area (TPSA) is 63.9 Å². The largest absolute Gasteiger partial charge is 0.330 e. The third kappa shape index (κ3) is 4.68. The molecular weight excluding hydrogens is 434 g/mol. The minimum atomic E-state index is -0.0580. The molecule has 6 nitrogen and oxygen atoms in total. The predicted molar refractivity (Wildman–Crippen MR) is 138 cm³/mol. The predicted octanol–water partition coefficient (Wildman–Crippen LogP) is 5.66. The molecule has 5 aromatic rings. The number of aryl methyl sites for hydroxylation is 2. The van der Waals surface area contributed by atoms with E-state index in [1.54, 1.807) is 12.4 Å². The number of aromatic nitrogens is 4. The number of carbonyl (C=O) groups excluding carboxylic acids is 1. The van der Waals surface area contributed by atoms with Gasteiger partial charge in [0.2, 0.25) is 0 Å². The van der Waals surface area contributed by atoms with Gasteiger partial charge in [-0.1, -0.05) is 60.7 Å². The highest BCUT2D eigenvalue weighted by Gasteiger charge is 2.23. The number of benzene rings is 2. The van der Waals surface area contributed by atoms with E-state index in [0.717, 1.165) is 39.0 Å². The second-order valence-corrected chi connectivity index (χ2v) is 8.57. The van der Waals surface area contributed by atoms with Gasteiger partial charge in [0.05, 0.1) is 22.8 Å². The molecule has 0 saturated heterocycles. The molecule has 5 rings (SSSR count). The summed E-state index contributed by atoms with van der Waals surface area (Å²) in [6.45, 7) is 5.72. The maximum atomic E-state index is 14.2. The van der Waals surface area contributed by atoms with Crippen molar-refractivity contribution in [3.05, 3.63) is 114 Å². The molecule has 3 aromatic heterocycles. The molecule has 0 aliphatic carbocycles. The van der Waals surface area contributed by atoms with Crippen molar-refractivity contribution >= 4 is 16.9 Å². The average molecular weight is 462 g/mol. The van der Waals surface area contributed by atoms with Crippen LogP contribution in [0.5, 0.6) is 0 Å². The zero-order chi connectivity index (χ0) is 24.2. The Morgan fingerprint density at radius 1 is 0.943 bits per heavy atom. The lowest BCUT2D eigenvalue weighted by atomic mass is 10.0. The van der Waals surface area contributed by atoms with Crippen LogP contribution < -0.4 is 0 Å². The van der Waals surface area contributed by atoms with E-state index >= 15 is 0 Å². The van der Waals surface area contributed by atoms with E-state index < -0.39 is 0 Å². The number of carbonyl (C=O) groups is 1. The highest BCUT2D eigenvalue weighted by molar-refractivity contribution is 6.06. The average Bonchev–Trinajstić information content (AvgIpc) is 3.33. The third-order valence-corrected chi connectivity index (χ3v) is 6.21. The maximum absolute atomic E-state index is 14.2. The molecule has 3 heterocycles. The van der Waals surface area contributed by atoms with Crippen LogP contribution >= 0.6 is 0 Å². The summed E-state index contributed by atoms with van der Waals surface area (Å²) in [4.78, 5) is 25.2. The Hall–Kier alpha value is -4.32. The first kappa shape index (κ1) is 22.5. The van der Waals surface area contributed by atoms with Gasteiger partial charge in [-0.05, 0) is 42.7 Å². The normalized spacial score (nSPS) is 11.0. The van der Waals surface area contributed by atoms with E-state index in [9.17, 15) is 4.79 Å². The van der Waals surface area contributed by atoms with E-state index in [2.05, 4.69) is 29.1 Å². The summed E-state index contributed by atoms with van der Waals surface area (Å²) < 4.78 is 1.84. The smallest absolute Gasteiger partial charge is 0.255 e. The first-order valence-corrected chi connectivity index (χ1v) is 11.8. The molecule has 0 saturated carbocycles. The SMILES string of the molecule is CCn1ncc2c(C(=O)N(Cc3cccnc3)Cc3ccccc3C)cc(-c3ccccc3)nc21. The fourth-order valence-corrected chi connectivity index (χ4v) is 4.29. The summed E-state index contributed by atoms with van der Waals surface area (Å²) >= 11 is 0. The van der Waals surface area contributed by atoms with Crippen LogP contribution in [0.3, 0.4) is 0 Å². The minimum Gasteiger partial charge on any atom is -0.330 e. The van der Waals surface area contributed by atoms with Crippen molar-refractivity contribution in [1.82, 2.24) is 24.6 Å². The zero-order valence-corrected chi connectivity index (χ0v) is 19.9. The highest BCUT2D eigenvalue weighted by atomic mass is 16.2. The molecule has 0 fully saturated rings. The van der Waals surface area contributed by atoms with Crippen LogP contribution in [0.2, 0.25) is 0 Å². The number of rotatable bonds is 7. The van der Waals surface area contributed by atoms with Gasteiger partial charge >= 0.3 is 0 Å². The van der Waals surface area contributed by atoms with Crippen molar-refractivity contribution in [3.8, 4) is 11.3 Å². The number of pyridine rings is 2. The summed E-state index contributed by atoms with van der Waals surface area (Å²) in [6.07, 6.45) is 5.31. The Bertz CT molecular complexity index is 1460. The fraction of sp³-hybridized carbons (Fsp3) is 0.172. The Morgan fingerprint density at radius 2 is 1.74 bits per heavy atom. The summed E-state index contributed by atoms with van der Waals surface area (Å²) in [5.74, 6) is -0.0580. The quantitative estimate of drug-likeness (QED) is 0.314. The van der Waals surface area contributed by atoms with Crippen molar-refractivity contribution in [1.29, 1.82) is 0 Å². The van der Waals surface area contributed by atoms with Crippen molar-refractivity contribution in [2.24, 2.45) is 0 Å². The van der Waals surface area contributed by atoms with Crippen LogP contribution in [0.25, 0.3) is 22.3 Å². The third-order valence-electron chi connectivity index (χ3n) is 6.21. The van der Waals surface area contributed by atoms with Crippen LogP contribution in [0.1, 0.15) is 34.0 Å². The van der Waals surface area contributed by atoms with Gasteiger partial charge < -0.3 is 4.90 Å². The standard InChI is InChI=1S/C29H27N5O/c1-3-34-28-26(18-31-34)25(16-27(32-28)23-12-5-4-6-13-23)29(35)33(19-22-11-9-15-30-17-22)20-24-14-8-7-10-21(24)2/h4-18H,3,19-20H2,1-2H3. The fourth-order valence-electron chi connectivity index (χ4n) is 4.29. The van der Waals surface area contributed by atoms with Crippen LogP contribution in [0, 0.1) is 6.92 Å². The number of nitrogens with zero attached hydrogens (tertiary/aromatic N) is 5. The van der Waals surface area contributed by atoms with Crippen LogP contribution in [0.15, 0.2) is 91.4 Å². The summed E-state index contributed by atoms with van der Waals surface area (Å²) in [5.41, 5.74) is 6.29. The van der Waals surface area contributed by atoms with Crippen molar-refractivity contribution in [3.63, 3.8) is 0 Å². The van der Waals surface area contributed by atoms with Crippen molar-refractivity contribution < 1.29 is 4.79 Å². The van der Waals surface area contributed by atoms with Gasteiger partial charge in [0.25, 0.3) is 5.91 Å². The van der Waals surface area contributed by atoms with Crippen molar-refractivity contribution in [2.45, 2.75) is 33.5 Å². The summed E-state index contributed by atoms with van der Waals surface area (Å²) in [5, 5.41) is 5.27. The summed E-state index contributed by atoms with van der Waals surface area (Å²) in [6, 6.07) is 23.9. The Balaban J connectivity index is 1.62. The zero-order valence-electron chi connectivity index (χ0n) is 19.9. The van der Waals surface area contributed by atoms with Gasteiger partial charge in [0.1, 0.15) is 0 Å². The van der Waals surface area contributed by atoms with E-state index in [-0.39, 0.29) is 5.91 Å². The van der Waals surface area contributed by atoms with Crippen LogP contribution in [-0.4, -0.2) is 30.6 Å². The summed E-state index contributed by atoms with van der Waals surface area (Å²) in [7, 11) is 0. The number of amides is 1. The lowest BCUT2D eigenvalue weighted by Gasteiger charge is -2.24. The lowest BCUT2D eigenvalue weighted by molar-refractivity contribution is 0.0731. The Kier molecular flexibility index (Phi) is 6.35. The van der Waals surface area contributed by atoms with Gasteiger partial charge in [0.15, 0.2) is 5.65 Å². The molecule has 0 bridgehead atoms. The van der Waals surface area contributed by atoms with Crippen LogP contribution in [0.4, 0.5) is 0 Å². The van der Waals surface area contributed by atoms with E-state index in [1.165, 1.54) is 0 Å². The number of fused-ring (bicyclic) bond motifs is 1. The van der Waals surface area contributed by atoms with Gasteiger partial charge in [-0.2, -0.15) is 5.10 Å². The molecule has 0 spiro atoms. The molecular formula is C29H27N5O. The van der Waals surface area contributed by atoms with E-state index in [1.807, 2.05) is 83.4 Å². The highest BCUT2D eigenvalue weighted by Crippen LogP contribution is 2.27. The molecule has 6 heteroatoms. The molecule has 0 atom stereocenters. The first-order chi connectivity index (χ1) is 17.1. The van der Waals surface area contributed by atoms with Crippen molar-refractivity contribution in [2.75, 3.05) is 0 Å². The van der Waals surface area contributed by atoms with Gasteiger partial charge in [-0.15, -0.1) is 0 Å². The number of hydrogen-bond donors (Lipinski definition) is 0. The second-order valence-electron chi connectivity index (χ2n) is 8.57. The molecule has 0 radical (unpaired) electrons. The van der Waals surface area contributed by atoms with Crippen LogP contribution in [-0.2, 0) is 19.6 Å². The molecule has 2 aromatic carbocycles. The monoisotopic (exact) mass is 461 g/mol. The Labute approximate surface area is 204 Å². The molecule has 35 heavy (non-hydrogen) atoms. The molecule has 0 aliphatic rings. The van der Waals surface area contributed by atoms with E-state index in [0.29, 0.717) is 25.2 Å². The van der Waals surface area contributed by atoms with E-state index in [4.69, 9.17) is 4.98 Å². The minimum absolute atomic E-state index is 0.0580. The second kappa shape index (κ2) is 9.89. The Morgan fingerprint density at radius 3 is 2.49 bits per heavy atom. The van der Waals surface area contributed by atoms with Gasteiger partial charge in [-0.3, -0.25) is 9.78 Å².